The van der Waals surface area contributed by atoms with Crippen LogP contribution in [-0.2, 0) is 16.0 Å². The van der Waals surface area contributed by atoms with E-state index in [0.29, 0.717) is 22.1 Å². The van der Waals surface area contributed by atoms with Crippen molar-refractivity contribution >= 4 is 28.9 Å². The number of anilines is 1. The van der Waals surface area contributed by atoms with Crippen LogP contribution in [0, 0.1) is 0 Å². The number of nitrogen functional groups attached to an aromatic ring is 1. The Bertz CT molecular complexity index is 511. The second-order valence-corrected chi connectivity index (χ2v) is 3.73. The van der Waals surface area contributed by atoms with Gasteiger partial charge in [0.2, 0.25) is 0 Å². The number of hydrogen-bond acceptors (Lipinski definition) is 4. The Hall–Kier alpha value is -1.75. The highest BCUT2D eigenvalue weighted by Crippen LogP contribution is 2.20. The molecule has 0 unspecified atom stereocenters. The maximum atomic E-state index is 11.1. The van der Waals surface area contributed by atoms with Crippen LogP contribution >= 0.6 is 11.6 Å². The number of imidazole rings is 1. The van der Waals surface area contributed by atoms with E-state index in [0.717, 1.165) is 0 Å². The van der Waals surface area contributed by atoms with Crippen molar-refractivity contribution in [2.24, 2.45) is 0 Å². The average Bonchev–Trinajstić information content (AvgIpc) is 2.60. The lowest BCUT2D eigenvalue weighted by molar-refractivity contribution is -0.139. The molecule has 0 aliphatic heterocycles. The number of esters is 1. The first-order valence-electron chi connectivity index (χ1n) is 4.59. The topological polar surface area (TPSA) is 69.6 Å². The van der Waals surface area contributed by atoms with Crippen molar-refractivity contribution in [1.82, 2.24) is 9.38 Å². The van der Waals surface area contributed by atoms with Crippen LogP contribution in [0.5, 0.6) is 0 Å². The summed E-state index contributed by atoms with van der Waals surface area (Å²) in [5, 5.41) is 0.447. The molecule has 0 amide bonds. The number of pyridine rings is 1. The van der Waals surface area contributed by atoms with E-state index >= 15 is 0 Å². The fourth-order valence-electron chi connectivity index (χ4n) is 1.38. The minimum Gasteiger partial charge on any atom is -0.469 e. The number of methoxy groups -OCH3 is 1. The molecule has 84 valence electrons. The molecule has 2 rings (SSSR count). The number of nitrogens with zero attached hydrogens (tertiary/aromatic N) is 2. The minimum absolute atomic E-state index is 0.135. The van der Waals surface area contributed by atoms with E-state index in [4.69, 9.17) is 17.3 Å². The first-order chi connectivity index (χ1) is 7.60. The summed E-state index contributed by atoms with van der Waals surface area (Å²) < 4.78 is 6.28. The Morgan fingerprint density at radius 2 is 2.38 bits per heavy atom. The molecule has 0 saturated heterocycles. The largest absolute Gasteiger partial charge is 0.469 e. The highest BCUT2D eigenvalue weighted by Gasteiger charge is 2.08. The Morgan fingerprint density at radius 1 is 1.62 bits per heavy atom. The summed E-state index contributed by atoms with van der Waals surface area (Å²) in [6.07, 6.45) is 3.51. The van der Waals surface area contributed by atoms with Crippen LogP contribution in [0.1, 0.15) is 5.69 Å². The zero-order chi connectivity index (χ0) is 11.7. The van der Waals surface area contributed by atoms with Crippen LogP contribution in [-0.4, -0.2) is 22.5 Å². The van der Waals surface area contributed by atoms with Gasteiger partial charge in [0.25, 0.3) is 0 Å². The van der Waals surface area contributed by atoms with Crippen molar-refractivity contribution in [3.8, 4) is 0 Å². The second-order valence-electron chi connectivity index (χ2n) is 3.33. The standard InChI is InChI=1S/C10H10ClN3O2/c1-16-10(15)2-6-4-14-5-8(12)7(11)3-9(14)13-6/h3-5H,2,12H2,1H3. The molecule has 0 saturated carbocycles. The summed E-state index contributed by atoms with van der Waals surface area (Å²) in [5.74, 6) is -0.331. The molecule has 2 N–H and O–H groups in total. The molecule has 0 aliphatic carbocycles. The maximum Gasteiger partial charge on any atom is 0.311 e. The van der Waals surface area contributed by atoms with E-state index in [2.05, 4.69) is 9.72 Å². The lowest BCUT2D eigenvalue weighted by Crippen LogP contribution is -2.04. The molecule has 2 aromatic rings. The molecule has 5 nitrogen and oxygen atoms in total. The van der Waals surface area contributed by atoms with Gasteiger partial charge < -0.3 is 14.9 Å². The first-order valence-corrected chi connectivity index (χ1v) is 4.97. The second kappa shape index (κ2) is 4.02. The van der Waals surface area contributed by atoms with Gasteiger partial charge in [-0.2, -0.15) is 0 Å². The number of halogens is 1. The van der Waals surface area contributed by atoms with Gasteiger partial charge >= 0.3 is 5.97 Å². The Kier molecular flexibility index (Phi) is 2.70. The van der Waals surface area contributed by atoms with E-state index in [1.165, 1.54) is 7.11 Å². The van der Waals surface area contributed by atoms with Crippen molar-refractivity contribution in [2.45, 2.75) is 6.42 Å². The highest BCUT2D eigenvalue weighted by atomic mass is 35.5. The Labute approximate surface area is 96.8 Å². The minimum atomic E-state index is -0.331. The van der Waals surface area contributed by atoms with Crippen LogP contribution in [0.25, 0.3) is 5.65 Å². The highest BCUT2D eigenvalue weighted by molar-refractivity contribution is 6.33. The Morgan fingerprint density at radius 3 is 3.06 bits per heavy atom. The van der Waals surface area contributed by atoms with Crippen molar-refractivity contribution in [1.29, 1.82) is 0 Å². The van der Waals surface area contributed by atoms with E-state index in [1.54, 1.807) is 22.9 Å². The summed E-state index contributed by atoms with van der Waals surface area (Å²) in [6.45, 7) is 0. The normalized spacial score (nSPS) is 10.6. The van der Waals surface area contributed by atoms with Gasteiger partial charge in [0.1, 0.15) is 5.65 Å². The summed E-state index contributed by atoms with van der Waals surface area (Å²) in [4.78, 5) is 15.3. The average molecular weight is 240 g/mol. The predicted molar refractivity (Wildman–Crippen MR) is 60.3 cm³/mol. The van der Waals surface area contributed by atoms with Gasteiger partial charge in [-0.1, -0.05) is 11.6 Å². The number of rotatable bonds is 2. The Balaban J connectivity index is 2.40. The molecule has 6 heteroatoms. The molecule has 0 atom stereocenters. The third kappa shape index (κ3) is 1.94. The number of carbonyl (C=O) groups is 1. The summed E-state index contributed by atoms with van der Waals surface area (Å²) in [7, 11) is 1.34. The summed E-state index contributed by atoms with van der Waals surface area (Å²) >= 11 is 5.86. The molecule has 0 spiro atoms. The van der Waals surface area contributed by atoms with Gasteiger partial charge in [0.15, 0.2) is 0 Å². The van der Waals surface area contributed by atoms with Crippen molar-refractivity contribution in [3.05, 3.63) is 29.2 Å². The van der Waals surface area contributed by atoms with Crippen LogP contribution < -0.4 is 5.73 Å². The van der Waals surface area contributed by atoms with Crippen LogP contribution in [0.4, 0.5) is 5.69 Å². The van der Waals surface area contributed by atoms with Crippen molar-refractivity contribution in [2.75, 3.05) is 12.8 Å². The van der Waals surface area contributed by atoms with Gasteiger partial charge in [-0.15, -0.1) is 0 Å². The number of nitrogens with two attached hydrogens (primary N) is 1. The van der Waals surface area contributed by atoms with E-state index in [-0.39, 0.29) is 12.4 Å². The SMILES string of the molecule is COC(=O)Cc1cn2cc(N)c(Cl)cc2n1. The fraction of sp³-hybridized carbons (Fsp3) is 0.200. The van der Waals surface area contributed by atoms with Crippen molar-refractivity contribution in [3.63, 3.8) is 0 Å². The number of hydrogen-bond donors (Lipinski definition) is 1. The number of ether oxygens (including phenoxy) is 1. The lowest BCUT2D eigenvalue weighted by Gasteiger charge is -1.97. The molecular weight excluding hydrogens is 230 g/mol. The molecule has 2 heterocycles. The quantitative estimate of drug-likeness (QED) is 0.802. The third-order valence-corrected chi connectivity index (χ3v) is 2.50. The fourth-order valence-corrected chi connectivity index (χ4v) is 1.53. The predicted octanol–water partition coefficient (Wildman–Crippen LogP) is 1.29. The molecule has 0 fully saturated rings. The molecule has 0 aliphatic rings. The van der Waals surface area contributed by atoms with Crippen LogP contribution in [0.3, 0.4) is 0 Å². The van der Waals surface area contributed by atoms with Crippen LogP contribution in [0.2, 0.25) is 5.02 Å². The molecule has 2 aromatic heterocycles. The number of aromatic nitrogens is 2. The zero-order valence-corrected chi connectivity index (χ0v) is 9.36. The maximum absolute atomic E-state index is 11.1. The summed E-state index contributed by atoms with van der Waals surface area (Å²) in [6, 6.07) is 1.65. The number of carbonyl (C=O) groups excluding carboxylic acids is 1. The zero-order valence-electron chi connectivity index (χ0n) is 8.61. The smallest absolute Gasteiger partial charge is 0.311 e. The molecular formula is C10H10ClN3O2. The summed E-state index contributed by atoms with van der Waals surface area (Å²) in [5.41, 5.74) is 7.39. The molecule has 0 aromatic carbocycles. The number of fused-ring (bicyclic) bond motifs is 1. The van der Waals surface area contributed by atoms with Gasteiger partial charge in [-0.05, 0) is 0 Å². The lowest BCUT2D eigenvalue weighted by atomic mass is 10.3. The molecule has 0 radical (unpaired) electrons. The van der Waals surface area contributed by atoms with Gasteiger partial charge in [-0.3, -0.25) is 4.79 Å². The van der Waals surface area contributed by atoms with Gasteiger partial charge in [0.05, 0.1) is 29.9 Å². The molecule has 16 heavy (non-hydrogen) atoms. The third-order valence-electron chi connectivity index (χ3n) is 2.17. The van der Waals surface area contributed by atoms with E-state index in [1.807, 2.05) is 0 Å². The van der Waals surface area contributed by atoms with E-state index in [9.17, 15) is 4.79 Å². The first kappa shape index (κ1) is 10.8. The molecule has 0 bridgehead atoms. The van der Waals surface area contributed by atoms with Crippen LogP contribution in [0.15, 0.2) is 18.5 Å². The monoisotopic (exact) mass is 239 g/mol. The van der Waals surface area contributed by atoms with Gasteiger partial charge in [0, 0.05) is 18.5 Å². The van der Waals surface area contributed by atoms with Crippen molar-refractivity contribution < 1.29 is 9.53 Å². The van der Waals surface area contributed by atoms with E-state index < -0.39 is 0 Å². The van der Waals surface area contributed by atoms with Gasteiger partial charge in [-0.25, -0.2) is 4.98 Å².